The number of hydrogen-bond donors (Lipinski definition) is 2. The number of carbonyl (C=O) groups excluding carboxylic acids is 2. The first-order valence-electron chi connectivity index (χ1n) is 9.14. The first-order valence-corrected chi connectivity index (χ1v) is 10.6. The smallest absolute Gasteiger partial charge is 0.264 e. The number of ether oxygens (including phenoxy) is 2. The fourth-order valence-electron chi connectivity index (χ4n) is 2.26. The molecule has 2 aromatic rings. The quantitative estimate of drug-likeness (QED) is 0.610. The summed E-state index contributed by atoms with van der Waals surface area (Å²) in [5.74, 6) is -0.729. The van der Waals surface area contributed by atoms with Gasteiger partial charge in [0.2, 0.25) is 11.8 Å². The lowest BCUT2D eigenvalue weighted by Gasteiger charge is -2.19. The number of nitrogens with one attached hydrogen (secondary N) is 2. The second-order valence-corrected chi connectivity index (χ2v) is 9.02. The van der Waals surface area contributed by atoms with Crippen molar-refractivity contribution in [3.63, 3.8) is 0 Å². The van der Waals surface area contributed by atoms with Gasteiger partial charge in [-0.05, 0) is 51.1 Å². The zero-order valence-electron chi connectivity index (χ0n) is 17.3. The molecule has 10 heteroatoms. The van der Waals surface area contributed by atoms with Crippen LogP contribution in [-0.4, -0.2) is 44.0 Å². The van der Waals surface area contributed by atoms with Crippen LogP contribution in [0.2, 0.25) is 0 Å². The zero-order chi connectivity index (χ0) is 22.4. The highest BCUT2D eigenvalue weighted by Crippen LogP contribution is 2.16. The second kappa shape index (κ2) is 9.68. The first-order chi connectivity index (χ1) is 14.0. The number of anilines is 1. The fraction of sp³-hybridized carbons (Fsp3) is 0.350. The molecule has 2 N–H and O–H groups in total. The summed E-state index contributed by atoms with van der Waals surface area (Å²) in [6.45, 7) is 7.72. The van der Waals surface area contributed by atoms with Gasteiger partial charge in [0.15, 0.2) is 0 Å². The van der Waals surface area contributed by atoms with E-state index in [1.165, 1.54) is 30.5 Å². The molecule has 0 saturated heterocycles. The van der Waals surface area contributed by atoms with Crippen LogP contribution in [0.1, 0.15) is 38.1 Å². The van der Waals surface area contributed by atoms with Crippen molar-refractivity contribution < 1.29 is 27.5 Å². The Bertz CT molecular complexity index is 981. The van der Waals surface area contributed by atoms with E-state index >= 15 is 0 Å². The summed E-state index contributed by atoms with van der Waals surface area (Å²) in [5.41, 5.74) is 0.454. The van der Waals surface area contributed by atoms with E-state index in [1.807, 2.05) is 25.5 Å². The van der Waals surface area contributed by atoms with Crippen molar-refractivity contribution in [3.05, 3.63) is 48.2 Å². The highest BCUT2D eigenvalue weighted by molar-refractivity contribution is 7.90. The maximum atomic E-state index is 12.3. The highest BCUT2D eigenvalue weighted by atomic mass is 32.2. The lowest BCUT2D eigenvalue weighted by atomic mass is 10.2. The summed E-state index contributed by atoms with van der Waals surface area (Å²) in [6.07, 6.45) is 1.38. The molecule has 0 spiro atoms. The van der Waals surface area contributed by atoms with Crippen LogP contribution < -0.4 is 14.8 Å². The van der Waals surface area contributed by atoms with Crippen molar-refractivity contribution in [2.75, 3.05) is 18.5 Å². The molecule has 2 amide bonds. The van der Waals surface area contributed by atoms with Crippen molar-refractivity contribution in [2.45, 2.75) is 38.2 Å². The standard InChI is InChI=1S/C20H25N3O6S/c1-14(24)23-30(26,27)17-8-6-16(7-9-17)22-19(25)15-5-10-18(21-13-15)28-11-12-29-20(2,3)4/h5-10,13H,11-12H2,1-4H3,(H,22,25)(H,23,24). The van der Waals surface area contributed by atoms with Gasteiger partial charge in [0, 0.05) is 24.9 Å². The minimum atomic E-state index is -3.92. The SMILES string of the molecule is CC(=O)NS(=O)(=O)c1ccc(NC(=O)c2ccc(OCCOC(C)(C)C)nc2)cc1. The molecule has 0 atom stereocenters. The summed E-state index contributed by atoms with van der Waals surface area (Å²) < 4.78 is 36.7. The van der Waals surface area contributed by atoms with Gasteiger partial charge in [0.1, 0.15) is 6.61 Å². The Kier molecular flexibility index (Phi) is 7.52. The van der Waals surface area contributed by atoms with Crippen LogP contribution in [-0.2, 0) is 19.6 Å². The largest absolute Gasteiger partial charge is 0.475 e. The molecule has 2 rings (SSSR count). The molecule has 0 bridgehead atoms. The summed E-state index contributed by atoms with van der Waals surface area (Å²) >= 11 is 0. The van der Waals surface area contributed by atoms with Crippen molar-refractivity contribution in [2.24, 2.45) is 0 Å². The molecule has 0 unspecified atom stereocenters. The zero-order valence-corrected chi connectivity index (χ0v) is 18.1. The molecule has 162 valence electrons. The van der Waals surface area contributed by atoms with Gasteiger partial charge in [-0.3, -0.25) is 9.59 Å². The Morgan fingerprint density at radius 3 is 2.23 bits per heavy atom. The molecular weight excluding hydrogens is 410 g/mol. The van der Waals surface area contributed by atoms with E-state index in [4.69, 9.17) is 9.47 Å². The average Bonchev–Trinajstić information content (AvgIpc) is 2.64. The minimum absolute atomic E-state index is 0.0886. The Hall–Kier alpha value is -2.98. The Morgan fingerprint density at radius 2 is 1.70 bits per heavy atom. The number of aromatic nitrogens is 1. The fourth-order valence-corrected chi connectivity index (χ4v) is 3.25. The maximum Gasteiger partial charge on any atom is 0.264 e. The maximum absolute atomic E-state index is 12.3. The third-order valence-corrected chi connectivity index (χ3v) is 5.02. The number of carbonyl (C=O) groups is 2. The molecule has 9 nitrogen and oxygen atoms in total. The number of benzene rings is 1. The van der Waals surface area contributed by atoms with Gasteiger partial charge in [-0.15, -0.1) is 0 Å². The average molecular weight is 436 g/mol. The summed E-state index contributed by atoms with van der Waals surface area (Å²) in [6, 6.07) is 8.57. The molecule has 0 fully saturated rings. The summed E-state index contributed by atoms with van der Waals surface area (Å²) in [4.78, 5) is 27.3. The molecule has 0 radical (unpaired) electrons. The molecule has 1 heterocycles. The van der Waals surface area contributed by atoms with Gasteiger partial charge >= 0.3 is 0 Å². The van der Waals surface area contributed by atoms with E-state index in [0.717, 1.165) is 6.92 Å². The molecule has 0 aliphatic carbocycles. The number of amides is 2. The van der Waals surface area contributed by atoms with E-state index in [0.29, 0.717) is 30.3 Å². The molecule has 0 aliphatic rings. The molecule has 30 heavy (non-hydrogen) atoms. The van der Waals surface area contributed by atoms with Gasteiger partial charge in [-0.1, -0.05) is 0 Å². The second-order valence-electron chi connectivity index (χ2n) is 7.33. The number of pyridine rings is 1. The molecule has 1 aromatic heterocycles. The summed E-state index contributed by atoms with van der Waals surface area (Å²) in [7, 11) is -3.92. The van der Waals surface area contributed by atoms with Crippen LogP contribution >= 0.6 is 0 Å². The van der Waals surface area contributed by atoms with Gasteiger partial charge in [-0.2, -0.15) is 0 Å². The van der Waals surface area contributed by atoms with Crippen molar-refractivity contribution in [1.82, 2.24) is 9.71 Å². The van der Waals surface area contributed by atoms with Crippen LogP contribution in [0.25, 0.3) is 0 Å². The monoisotopic (exact) mass is 435 g/mol. The van der Waals surface area contributed by atoms with Gasteiger partial charge in [-0.25, -0.2) is 18.1 Å². The molecule has 0 aliphatic heterocycles. The third kappa shape index (κ3) is 7.45. The molecule has 0 saturated carbocycles. The Labute approximate surface area is 175 Å². The summed E-state index contributed by atoms with van der Waals surface area (Å²) in [5, 5.41) is 2.64. The third-order valence-electron chi connectivity index (χ3n) is 3.57. The lowest BCUT2D eigenvalue weighted by molar-refractivity contribution is -0.117. The van der Waals surface area contributed by atoms with E-state index in [-0.39, 0.29) is 10.5 Å². The van der Waals surface area contributed by atoms with Crippen molar-refractivity contribution in [3.8, 4) is 5.88 Å². The van der Waals surface area contributed by atoms with Crippen molar-refractivity contribution >= 4 is 27.5 Å². The lowest BCUT2D eigenvalue weighted by Crippen LogP contribution is -2.28. The van der Waals surface area contributed by atoms with Gasteiger partial charge in [0.25, 0.3) is 15.9 Å². The predicted octanol–water partition coefficient (Wildman–Crippen LogP) is 2.35. The van der Waals surface area contributed by atoms with E-state index in [2.05, 4.69) is 10.3 Å². The van der Waals surface area contributed by atoms with Crippen LogP contribution in [0.15, 0.2) is 47.5 Å². The normalized spacial score (nSPS) is 11.6. The minimum Gasteiger partial charge on any atom is -0.475 e. The van der Waals surface area contributed by atoms with Crippen LogP contribution in [0.4, 0.5) is 5.69 Å². The Morgan fingerprint density at radius 1 is 1.03 bits per heavy atom. The number of hydrogen-bond acceptors (Lipinski definition) is 7. The van der Waals surface area contributed by atoms with Crippen LogP contribution in [0, 0.1) is 0 Å². The van der Waals surface area contributed by atoms with Gasteiger partial charge < -0.3 is 14.8 Å². The highest BCUT2D eigenvalue weighted by Gasteiger charge is 2.15. The number of rotatable bonds is 8. The number of nitrogens with zero attached hydrogens (tertiary/aromatic N) is 1. The first kappa shape index (κ1) is 23.3. The molecular formula is C20H25N3O6S. The van der Waals surface area contributed by atoms with Gasteiger partial charge in [0.05, 0.1) is 22.7 Å². The predicted molar refractivity (Wildman–Crippen MR) is 111 cm³/mol. The molecule has 1 aromatic carbocycles. The van der Waals surface area contributed by atoms with Crippen molar-refractivity contribution in [1.29, 1.82) is 0 Å². The van der Waals surface area contributed by atoms with Crippen LogP contribution in [0.3, 0.4) is 0 Å². The van der Waals surface area contributed by atoms with Crippen LogP contribution in [0.5, 0.6) is 5.88 Å². The van der Waals surface area contributed by atoms with E-state index < -0.39 is 21.8 Å². The number of sulfonamides is 1. The topological polar surface area (TPSA) is 124 Å². The van der Waals surface area contributed by atoms with E-state index in [9.17, 15) is 18.0 Å². The van der Waals surface area contributed by atoms with E-state index in [1.54, 1.807) is 12.1 Å². The Balaban J connectivity index is 1.92.